The van der Waals surface area contributed by atoms with E-state index >= 15 is 0 Å². The lowest BCUT2D eigenvalue weighted by Crippen LogP contribution is -2.42. The Kier molecular flexibility index (Phi) is 6.38. The summed E-state index contributed by atoms with van der Waals surface area (Å²) in [6.07, 6.45) is 3.44. The highest BCUT2D eigenvalue weighted by Crippen LogP contribution is 2.29. The van der Waals surface area contributed by atoms with Crippen LogP contribution in [0, 0.1) is 5.82 Å². The van der Waals surface area contributed by atoms with Crippen molar-refractivity contribution >= 4 is 11.8 Å². The number of carbonyl (C=O) groups is 2. The molecule has 2 amide bonds. The van der Waals surface area contributed by atoms with Crippen LogP contribution in [0.3, 0.4) is 0 Å². The van der Waals surface area contributed by atoms with Crippen molar-refractivity contribution in [3.8, 4) is 0 Å². The smallest absolute Gasteiger partial charge is 0.255 e. The standard InChI is InChI=1S/C23H26FN3O3/c24-20-8-2-1-5-17(20)15-21(28)27-10-4-6-18(16-27)22-19(7-3-9-25-22)23(29)26-11-13-30-14-12-26/h1-3,5,7-9,18H,4,6,10-16H2/t18-/m1/s1. The van der Waals surface area contributed by atoms with Crippen LogP contribution in [0.4, 0.5) is 4.39 Å². The van der Waals surface area contributed by atoms with Gasteiger partial charge in [-0.2, -0.15) is 0 Å². The minimum absolute atomic E-state index is 0.00971. The minimum atomic E-state index is -0.359. The molecule has 2 fully saturated rings. The zero-order chi connectivity index (χ0) is 20.9. The van der Waals surface area contributed by atoms with E-state index < -0.39 is 0 Å². The Morgan fingerprint density at radius 3 is 2.67 bits per heavy atom. The molecule has 4 rings (SSSR count). The van der Waals surface area contributed by atoms with Crippen LogP contribution in [-0.4, -0.2) is 66.0 Å². The Labute approximate surface area is 175 Å². The minimum Gasteiger partial charge on any atom is -0.378 e. The highest BCUT2D eigenvalue weighted by Gasteiger charge is 2.30. The molecule has 1 aromatic heterocycles. The van der Waals surface area contributed by atoms with Gasteiger partial charge in [0.15, 0.2) is 0 Å². The first-order valence-corrected chi connectivity index (χ1v) is 10.5. The average Bonchev–Trinajstić information content (AvgIpc) is 2.81. The number of benzene rings is 1. The topological polar surface area (TPSA) is 62.7 Å². The first-order chi connectivity index (χ1) is 14.6. The summed E-state index contributed by atoms with van der Waals surface area (Å²) in [5.74, 6) is -0.495. The summed E-state index contributed by atoms with van der Waals surface area (Å²) >= 11 is 0. The SMILES string of the molecule is O=C(Cc1ccccc1F)N1CCC[C@@H](c2ncccc2C(=O)N2CCOCC2)C1. The van der Waals surface area contributed by atoms with Crippen LogP contribution in [-0.2, 0) is 16.0 Å². The molecule has 1 aromatic carbocycles. The van der Waals surface area contributed by atoms with Crippen molar-refractivity contribution in [3.63, 3.8) is 0 Å². The highest BCUT2D eigenvalue weighted by atomic mass is 19.1. The Bertz CT molecular complexity index is 914. The average molecular weight is 411 g/mol. The molecule has 7 heteroatoms. The summed E-state index contributed by atoms with van der Waals surface area (Å²) in [6, 6.07) is 9.98. The van der Waals surface area contributed by atoms with Gasteiger partial charge in [-0.15, -0.1) is 0 Å². The maximum absolute atomic E-state index is 13.9. The van der Waals surface area contributed by atoms with Crippen molar-refractivity contribution in [2.75, 3.05) is 39.4 Å². The molecule has 0 unspecified atom stereocenters. The molecule has 0 aliphatic carbocycles. The number of piperidine rings is 1. The summed E-state index contributed by atoms with van der Waals surface area (Å²) in [4.78, 5) is 34.0. The second kappa shape index (κ2) is 9.34. The van der Waals surface area contributed by atoms with Crippen molar-refractivity contribution in [2.24, 2.45) is 0 Å². The molecule has 0 bridgehead atoms. The molecule has 2 aliphatic rings. The van der Waals surface area contributed by atoms with E-state index in [-0.39, 0.29) is 30.0 Å². The van der Waals surface area contributed by atoms with Crippen molar-refractivity contribution in [2.45, 2.75) is 25.2 Å². The Morgan fingerprint density at radius 1 is 1.07 bits per heavy atom. The van der Waals surface area contributed by atoms with E-state index in [1.165, 1.54) is 6.07 Å². The first kappa shape index (κ1) is 20.5. The molecule has 6 nitrogen and oxygen atoms in total. The van der Waals surface area contributed by atoms with Crippen LogP contribution >= 0.6 is 0 Å². The summed E-state index contributed by atoms with van der Waals surface area (Å²) in [6.45, 7) is 3.37. The summed E-state index contributed by atoms with van der Waals surface area (Å²) in [7, 11) is 0. The summed E-state index contributed by atoms with van der Waals surface area (Å²) in [5.41, 5.74) is 1.76. The Hall–Kier alpha value is -2.80. The second-order valence-electron chi connectivity index (χ2n) is 7.79. The number of ether oxygens (including phenoxy) is 1. The van der Waals surface area contributed by atoms with Gasteiger partial charge in [-0.3, -0.25) is 14.6 Å². The molecular formula is C23H26FN3O3. The number of halogens is 1. The number of hydrogen-bond acceptors (Lipinski definition) is 4. The van der Waals surface area contributed by atoms with E-state index in [0.29, 0.717) is 50.5 Å². The maximum Gasteiger partial charge on any atom is 0.255 e. The molecule has 2 saturated heterocycles. The van der Waals surface area contributed by atoms with Gasteiger partial charge in [-0.25, -0.2) is 4.39 Å². The van der Waals surface area contributed by atoms with E-state index in [4.69, 9.17) is 4.74 Å². The van der Waals surface area contributed by atoms with E-state index in [2.05, 4.69) is 4.98 Å². The quantitative estimate of drug-likeness (QED) is 0.776. The van der Waals surface area contributed by atoms with Crippen molar-refractivity contribution in [1.29, 1.82) is 0 Å². The van der Waals surface area contributed by atoms with Gasteiger partial charge in [0.05, 0.1) is 30.9 Å². The fraction of sp³-hybridized carbons (Fsp3) is 0.435. The number of nitrogens with zero attached hydrogens (tertiary/aromatic N) is 3. The molecule has 30 heavy (non-hydrogen) atoms. The molecule has 3 heterocycles. The fourth-order valence-corrected chi connectivity index (χ4v) is 4.20. The number of morpholine rings is 1. The summed E-state index contributed by atoms with van der Waals surface area (Å²) < 4.78 is 19.3. The van der Waals surface area contributed by atoms with Gasteiger partial charge in [-0.05, 0) is 36.6 Å². The van der Waals surface area contributed by atoms with Crippen LogP contribution in [0.15, 0.2) is 42.6 Å². The van der Waals surface area contributed by atoms with E-state index in [9.17, 15) is 14.0 Å². The first-order valence-electron chi connectivity index (χ1n) is 10.5. The van der Waals surface area contributed by atoms with Gasteiger partial charge in [0.25, 0.3) is 5.91 Å². The van der Waals surface area contributed by atoms with Gasteiger partial charge in [0.2, 0.25) is 5.91 Å². The van der Waals surface area contributed by atoms with Crippen LogP contribution in [0.1, 0.15) is 40.4 Å². The number of likely N-dealkylation sites (tertiary alicyclic amines) is 1. The molecular weight excluding hydrogens is 385 g/mol. The Balaban J connectivity index is 1.49. The predicted octanol–water partition coefficient (Wildman–Crippen LogP) is 2.64. The van der Waals surface area contributed by atoms with Crippen molar-refractivity contribution in [3.05, 3.63) is 65.2 Å². The molecule has 0 radical (unpaired) electrons. The normalized spacial score (nSPS) is 19.6. The van der Waals surface area contributed by atoms with Crippen LogP contribution in [0.25, 0.3) is 0 Å². The molecule has 1 atom stereocenters. The third kappa shape index (κ3) is 4.51. The number of pyridine rings is 1. The molecule has 0 spiro atoms. The van der Waals surface area contributed by atoms with E-state index in [1.807, 2.05) is 6.07 Å². The zero-order valence-corrected chi connectivity index (χ0v) is 16.9. The summed E-state index contributed by atoms with van der Waals surface area (Å²) in [5, 5.41) is 0. The lowest BCUT2D eigenvalue weighted by Gasteiger charge is -2.34. The number of rotatable bonds is 4. The molecule has 0 saturated carbocycles. The third-order valence-electron chi connectivity index (χ3n) is 5.83. The fourth-order valence-electron chi connectivity index (χ4n) is 4.20. The predicted molar refractivity (Wildman–Crippen MR) is 110 cm³/mol. The molecule has 2 aliphatic heterocycles. The zero-order valence-electron chi connectivity index (χ0n) is 16.9. The highest BCUT2D eigenvalue weighted by molar-refractivity contribution is 5.95. The second-order valence-corrected chi connectivity index (χ2v) is 7.79. The number of amides is 2. The lowest BCUT2D eigenvalue weighted by molar-refractivity contribution is -0.131. The largest absolute Gasteiger partial charge is 0.378 e. The van der Waals surface area contributed by atoms with Gasteiger partial charge in [0.1, 0.15) is 5.82 Å². The number of aromatic nitrogens is 1. The molecule has 2 aromatic rings. The van der Waals surface area contributed by atoms with E-state index in [0.717, 1.165) is 18.5 Å². The lowest BCUT2D eigenvalue weighted by atomic mass is 9.90. The number of carbonyl (C=O) groups excluding carboxylic acids is 2. The monoisotopic (exact) mass is 411 g/mol. The number of hydrogen-bond donors (Lipinski definition) is 0. The van der Waals surface area contributed by atoms with Crippen LogP contribution in [0.5, 0.6) is 0 Å². The van der Waals surface area contributed by atoms with Gasteiger partial charge in [-0.1, -0.05) is 18.2 Å². The molecule has 0 N–H and O–H groups in total. The van der Waals surface area contributed by atoms with Gasteiger partial charge >= 0.3 is 0 Å². The third-order valence-corrected chi connectivity index (χ3v) is 5.83. The maximum atomic E-state index is 13.9. The van der Waals surface area contributed by atoms with Crippen LogP contribution in [0.2, 0.25) is 0 Å². The van der Waals surface area contributed by atoms with E-state index in [1.54, 1.807) is 40.3 Å². The Morgan fingerprint density at radius 2 is 1.87 bits per heavy atom. The van der Waals surface area contributed by atoms with Gasteiger partial charge in [0, 0.05) is 38.3 Å². The van der Waals surface area contributed by atoms with Crippen LogP contribution < -0.4 is 0 Å². The molecule has 158 valence electrons. The van der Waals surface area contributed by atoms with Gasteiger partial charge < -0.3 is 14.5 Å². The van der Waals surface area contributed by atoms with Crippen molar-refractivity contribution < 1.29 is 18.7 Å². The van der Waals surface area contributed by atoms with Crippen molar-refractivity contribution in [1.82, 2.24) is 14.8 Å².